The molecule has 0 bridgehead atoms. The van der Waals surface area contributed by atoms with Gasteiger partial charge < -0.3 is 15.0 Å². The zero-order valence-corrected chi connectivity index (χ0v) is 9.31. The molecule has 0 saturated heterocycles. The van der Waals surface area contributed by atoms with Crippen LogP contribution in [0.25, 0.3) is 0 Å². The van der Waals surface area contributed by atoms with Gasteiger partial charge in [-0.2, -0.15) is 0 Å². The Morgan fingerprint density at radius 3 is 2.54 bits per heavy atom. The van der Waals surface area contributed by atoms with E-state index >= 15 is 0 Å². The van der Waals surface area contributed by atoms with Crippen LogP contribution in [0.3, 0.4) is 0 Å². The van der Waals surface area contributed by atoms with Gasteiger partial charge in [0, 0.05) is 26.2 Å². The summed E-state index contributed by atoms with van der Waals surface area (Å²) in [5.74, 6) is 0. The van der Waals surface area contributed by atoms with Gasteiger partial charge in [0.05, 0.1) is 6.61 Å². The number of nitrogens with zero attached hydrogens (tertiary/aromatic N) is 1. The van der Waals surface area contributed by atoms with E-state index in [1.165, 1.54) is 13.0 Å². The van der Waals surface area contributed by atoms with Gasteiger partial charge in [-0.15, -0.1) is 0 Å². The molecule has 0 aromatic heterocycles. The van der Waals surface area contributed by atoms with E-state index in [9.17, 15) is 0 Å². The maximum absolute atomic E-state index is 5.21. The van der Waals surface area contributed by atoms with Crippen LogP contribution in [-0.4, -0.2) is 51.3 Å². The van der Waals surface area contributed by atoms with Crippen molar-refractivity contribution < 1.29 is 4.74 Å². The predicted octanol–water partition coefficient (Wildman–Crippen LogP) is 0.954. The van der Waals surface area contributed by atoms with E-state index in [0.717, 1.165) is 32.8 Å². The fraction of sp³-hybridized carbons (Fsp3) is 1.00. The summed E-state index contributed by atoms with van der Waals surface area (Å²) in [6.07, 6.45) is 1.23. The van der Waals surface area contributed by atoms with Crippen molar-refractivity contribution >= 4 is 0 Å². The van der Waals surface area contributed by atoms with Gasteiger partial charge in [0.1, 0.15) is 0 Å². The van der Waals surface area contributed by atoms with Crippen molar-refractivity contribution in [1.82, 2.24) is 10.2 Å². The van der Waals surface area contributed by atoms with Gasteiger partial charge in [-0.3, -0.25) is 0 Å². The Morgan fingerprint density at radius 1 is 1.15 bits per heavy atom. The average Bonchev–Trinajstić information content (AvgIpc) is 2.11. The van der Waals surface area contributed by atoms with E-state index in [0.29, 0.717) is 0 Å². The van der Waals surface area contributed by atoms with Gasteiger partial charge in [0.15, 0.2) is 0 Å². The fourth-order valence-corrected chi connectivity index (χ4v) is 1.18. The Morgan fingerprint density at radius 2 is 1.92 bits per heavy atom. The summed E-state index contributed by atoms with van der Waals surface area (Å²) in [6, 6.07) is 0. The molecule has 0 heterocycles. The van der Waals surface area contributed by atoms with Crippen LogP contribution in [0.5, 0.6) is 0 Å². The molecule has 0 aliphatic heterocycles. The molecule has 1 N–H and O–H groups in total. The predicted molar refractivity (Wildman–Crippen MR) is 57.2 cm³/mol. The number of hydrogen-bond acceptors (Lipinski definition) is 3. The molecule has 0 spiro atoms. The average molecular weight is 188 g/mol. The fourth-order valence-electron chi connectivity index (χ4n) is 1.18. The summed E-state index contributed by atoms with van der Waals surface area (Å²) in [5, 5.41) is 3.34. The number of nitrogens with one attached hydrogen (secondary N) is 1. The lowest BCUT2D eigenvalue weighted by Crippen LogP contribution is -2.31. The Kier molecular flexibility index (Phi) is 9.87. The summed E-state index contributed by atoms with van der Waals surface area (Å²) in [7, 11) is 2.16. The highest BCUT2D eigenvalue weighted by atomic mass is 16.5. The molecule has 0 radical (unpaired) electrons. The molecule has 13 heavy (non-hydrogen) atoms. The molecular weight excluding hydrogens is 164 g/mol. The lowest BCUT2D eigenvalue weighted by molar-refractivity contribution is 0.148. The molecule has 0 fully saturated rings. The Balaban J connectivity index is 2.97. The third-order valence-electron chi connectivity index (χ3n) is 1.90. The minimum absolute atomic E-state index is 0.817. The van der Waals surface area contributed by atoms with Crippen molar-refractivity contribution in [2.75, 3.05) is 46.4 Å². The van der Waals surface area contributed by atoms with Gasteiger partial charge in [-0.25, -0.2) is 0 Å². The van der Waals surface area contributed by atoms with E-state index in [-0.39, 0.29) is 0 Å². The highest BCUT2D eigenvalue weighted by Crippen LogP contribution is 1.83. The molecule has 0 amide bonds. The molecule has 0 aromatic rings. The van der Waals surface area contributed by atoms with Gasteiger partial charge in [0.25, 0.3) is 0 Å². The number of ether oxygens (including phenoxy) is 1. The minimum atomic E-state index is 0.817. The molecule has 0 aliphatic rings. The van der Waals surface area contributed by atoms with Crippen molar-refractivity contribution in [3.63, 3.8) is 0 Å². The maximum atomic E-state index is 5.21. The highest BCUT2D eigenvalue weighted by Gasteiger charge is 1.94. The maximum Gasteiger partial charge on any atom is 0.0590 e. The van der Waals surface area contributed by atoms with E-state index in [4.69, 9.17) is 4.74 Å². The van der Waals surface area contributed by atoms with Gasteiger partial charge in [-0.05, 0) is 26.9 Å². The minimum Gasteiger partial charge on any atom is -0.380 e. The standard InChI is InChI=1S/C10H24N2O/c1-4-8-12(3)9-6-11-7-10-13-5-2/h11H,4-10H2,1-3H3. The first-order chi connectivity index (χ1) is 6.31. The Bertz CT molecular complexity index is 98.9. The van der Waals surface area contributed by atoms with Crippen molar-refractivity contribution in [1.29, 1.82) is 0 Å². The van der Waals surface area contributed by atoms with Gasteiger partial charge in [0.2, 0.25) is 0 Å². The first-order valence-electron chi connectivity index (χ1n) is 5.28. The summed E-state index contributed by atoms with van der Waals surface area (Å²) in [4.78, 5) is 2.34. The molecule has 3 nitrogen and oxygen atoms in total. The molecular formula is C10H24N2O. The van der Waals surface area contributed by atoms with Crippen LogP contribution < -0.4 is 5.32 Å². The third-order valence-corrected chi connectivity index (χ3v) is 1.90. The zero-order valence-electron chi connectivity index (χ0n) is 9.31. The van der Waals surface area contributed by atoms with E-state index in [1.807, 2.05) is 6.92 Å². The molecule has 0 atom stereocenters. The van der Waals surface area contributed by atoms with Crippen molar-refractivity contribution in [3.05, 3.63) is 0 Å². The van der Waals surface area contributed by atoms with Crippen LogP contribution in [0, 0.1) is 0 Å². The second-order valence-corrected chi connectivity index (χ2v) is 3.25. The second-order valence-electron chi connectivity index (χ2n) is 3.25. The van der Waals surface area contributed by atoms with E-state index in [2.05, 4.69) is 24.2 Å². The lowest BCUT2D eigenvalue weighted by atomic mass is 10.4. The van der Waals surface area contributed by atoms with Crippen molar-refractivity contribution in [2.45, 2.75) is 20.3 Å². The molecule has 0 rings (SSSR count). The van der Waals surface area contributed by atoms with Gasteiger partial charge in [-0.1, -0.05) is 6.92 Å². The summed E-state index contributed by atoms with van der Waals surface area (Å²) < 4.78 is 5.21. The molecule has 0 aromatic carbocycles. The summed E-state index contributed by atoms with van der Waals surface area (Å²) in [6.45, 7) is 10.2. The van der Waals surface area contributed by atoms with Crippen LogP contribution in [0.2, 0.25) is 0 Å². The number of hydrogen-bond donors (Lipinski definition) is 1. The van der Waals surface area contributed by atoms with Crippen LogP contribution in [0.15, 0.2) is 0 Å². The zero-order chi connectivity index (χ0) is 9.94. The topological polar surface area (TPSA) is 24.5 Å². The van der Waals surface area contributed by atoms with Crippen LogP contribution in [0.1, 0.15) is 20.3 Å². The SMILES string of the molecule is CCCN(C)CCNCCOCC. The normalized spacial score (nSPS) is 11.1. The summed E-state index contributed by atoms with van der Waals surface area (Å²) >= 11 is 0. The molecule has 0 unspecified atom stereocenters. The third kappa shape index (κ3) is 9.80. The van der Waals surface area contributed by atoms with Crippen molar-refractivity contribution in [3.8, 4) is 0 Å². The van der Waals surface area contributed by atoms with E-state index < -0.39 is 0 Å². The smallest absolute Gasteiger partial charge is 0.0590 e. The van der Waals surface area contributed by atoms with Crippen molar-refractivity contribution in [2.24, 2.45) is 0 Å². The quantitative estimate of drug-likeness (QED) is 0.545. The van der Waals surface area contributed by atoms with Crippen LogP contribution >= 0.6 is 0 Å². The van der Waals surface area contributed by atoms with Crippen LogP contribution in [0.4, 0.5) is 0 Å². The Hall–Kier alpha value is -0.120. The lowest BCUT2D eigenvalue weighted by Gasteiger charge is -2.15. The summed E-state index contributed by atoms with van der Waals surface area (Å²) in [5.41, 5.74) is 0. The second kappa shape index (κ2) is 9.96. The number of rotatable bonds is 9. The first kappa shape index (κ1) is 12.9. The first-order valence-corrected chi connectivity index (χ1v) is 5.28. The molecule has 0 aliphatic carbocycles. The molecule has 80 valence electrons. The highest BCUT2D eigenvalue weighted by molar-refractivity contribution is 4.53. The number of likely N-dealkylation sites (N-methyl/N-ethyl adjacent to an activating group) is 1. The van der Waals surface area contributed by atoms with E-state index in [1.54, 1.807) is 0 Å². The Labute approximate surface area is 82.4 Å². The molecule has 0 saturated carbocycles. The largest absolute Gasteiger partial charge is 0.380 e. The van der Waals surface area contributed by atoms with Gasteiger partial charge >= 0.3 is 0 Å². The van der Waals surface area contributed by atoms with Crippen LogP contribution in [-0.2, 0) is 4.74 Å². The monoisotopic (exact) mass is 188 g/mol. The molecule has 3 heteroatoms.